The van der Waals surface area contributed by atoms with E-state index in [1.807, 2.05) is 0 Å². The summed E-state index contributed by atoms with van der Waals surface area (Å²) >= 11 is 1.25. The lowest BCUT2D eigenvalue weighted by molar-refractivity contribution is -0.157. The maximum absolute atomic E-state index is 12.6. The number of unbranched alkanes of at least 4 members (excludes halogenated alkanes) is 24. The van der Waals surface area contributed by atoms with Crippen molar-refractivity contribution < 1.29 is 33.8 Å². The van der Waals surface area contributed by atoms with Gasteiger partial charge in [-0.15, -0.1) is 0 Å². The minimum atomic E-state index is -1.12. The van der Waals surface area contributed by atoms with Crippen molar-refractivity contribution in [1.82, 2.24) is 5.32 Å². The van der Waals surface area contributed by atoms with E-state index in [0.29, 0.717) is 12.8 Å². The molecule has 0 heterocycles. The Bertz CT molecular complexity index is 809. The van der Waals surface area contributed by atoms with Gasteiger partial charge in [0.15, 0.2) is 0 Å². The van der Waals surface area contributed by atoms with E-state index in [1.165, 1.54) is 147 Å². The molecule has 0 saturated heterocycles. The first kappa shape index (κ1) is 47.2. The summed E-state index contributed by atoms with van der Waals surface area (Å²) in [4.78, 5) is 47.9. The van der Waals surface area contributed by atoms with Crippen molar-refractivity contribution >= 4 is 35.6 Å². The highest BCUT2D eigenvalue weighted by molar-refractivity contribution is 7.99. The zero-order valence-electron chi connectivity index (χ0n) is 31.9. The molecule has 288 valence electrons. The number of amides is 1. The van der Waals surface area contributed by atoms with Crippen LogP contribution < -0.4 is 5.32 Å². The summed E-state index contributed by atoms with van der Waals surface area (Å²) in [6.45, 7) is 5.73. The summed E-state index contributed by atoms with van der Waals surface area (Å²) < 4.78 is 11.2. The molecular weight excluding hydrogens is 639 g/mol. The van der Waals surface area contributed by atoms with Crippen LogP contribution in [-0.2, 0) is 28.7 Å². The second-order valence-electron chi connectivity index (χ2n) is 13.9. The molecule has 0 saturated carbocycles. The van der Waals surface area contributed by atoms with Crippen LogP contribution in [0.1, 0.15) is 201 Å². The van der Waals surface area contributed by atoms with Gasteiger partial charge in [0.05, 0.1) is 0 Å². The Morgan fingerprint density at radius 1 is 0.551 bits per heavy atom. The summed E-state index contributed by atoms with van der Waals surface area (Å²) in [5.74, 6) is -1.77. The van der Waals surface area contributed by atoms with Crippen LogP contribution in [0.4, 0.5) is 0 Å². The lowest BCUT2D eigenvalue weighted by atomic mass is 10.0. The molecule has 9 heteroatoms. The fourth-order valence-corrected chi connectivity index (χ4v) is 6.96. The summed E-state index contributed by atoms with van der Waals surface area (Å²) in [5.41, 5.74) is 0. The topological polar surface area (TPSA) is 119 Å². The second kappa shape index (κ2) is 36.0. The SMILES string of the molecule is CCCCCCCCCCCCCCCC(=O)OC[C@H](CSC[C@H](NC(C)=O)C(=O)O)OC(=O)CCCCCCCCCCCCCCC. The Hall–Kier alpha value is -1.77. The Kier molecular flexibility index (Phi) is 34.7. The normalized spacial score (nSPS) is 12.4. The zero-order chi connectivity index (χ0) is 36.2. The Labute approximate surface area is 304 Å². The standard InChI is InChI=1S/C40H75NO7S/c1-4-6-8-10-12-14-16-18-20-22-24-26-28-30-38(43)47-32-36(33-49-34-37(40(45)46)41-35(3)42)48-39(44)31-29-27-25-23-21-19-17-15-13-11-9-7-5-2/h36-37H,4-34H2,1-3H3,(H,41,42)(H,45,46)/t36-,37+/m1/s1. The third-order valence-corrected chi connectivity index (χ3v) is 10.1. The van der Waals surface area contributed by atoms with Gasteiger partial charge in [0, 0.05) is 31.3 Å². The molecule has 0 bridgehead atoms. The molecule has 0 aromatic carbocycles. The summed E-state index contributed by atoms with van der Waals surface area (Å²) in [7, 11) is 0. The van der Waals surface area contributed by atoms with Gasteiger partial charge in [-0.05, 0) is 12.8 Å². The van der Waals surface area contributed by atoms with Crippen LogP contribution in [0, 0.1) is 0 Å². The fraction of sp³-hybridized carbons (Fsp3) is 0.900. The van der Waals surface area contributed by atoms with Crippen LogP contribution in [0.15, 0.2) is 0 Å². The van der Waals surface area contributed by atoms with Crippen LogP contribution in [0.2, 0.25) is 0 Å². The van der Waals surface area contributed by atoms with E-state index in [9.17, 15) is 24.3 Å². The van der Waals surface area contributed by atoms with Gasteiger partial charge in [-0.2, -0.15) is 11.8 Å². The highest BCUT2D eigenvalue weighted by atomic mass is 32.2. The van der Waals surface area contributed by atoms with Crippen molar-refractivity contribution in [2.24, 2.45) is 0 Å². The number of carbonyl (C=O) groups excluding carboxylic acids is 3. The number of nitrogens with one attached hydrogen (secondary N) is 1. The Morgan fingerprint density at radius 3 is 1.29 bits per heavy atom. The Balaban J connectivity index is 4.30. The number of rotatable bonds is 37. The maximum atomic E-state index is 12.6. The molecule has 49 heavy (non-hydrogen) atoms. The molecular formula is C40H75NO7S. The smallest absolute Gasteiger partial charge is 0.327 e. The minimum Gasteiger partial charge on any atom is -0.480 e. The molecule has 0 rings (SSSR count). The highest BCUT2D eigenvalue weighted by Crippen LogP contribution is 2.16. The predicted octanol–water partition coefficient (Wildman–Crippen LogP) is 10.7. The average Bonchev–Trinajstić information content (AvgIpc) is 3.07. The molecule has 0 aliphatic rings. The third-order valence-electron chi connectivity index (χ3n) is 8.96. The first-order valence-electron chi connectivity index (χ1n) is 20.2. The first-order valence-corrected chi connectivity index (χ1v) is 21.4. The zero-order valence-corrected chi connectivity index (χ0v) is 32.7. The molecule has 0 radical (unpaired) electrons. The van der Waals surface area contributed by atoms with E-state index in [0.717, 1.165) is 38.5 Å². The number of hydrogen-bond donors (Lipinski definition) is 2. The summed E-state index contributed by atoms with van der Waals surface area (Å²) in [6.07, 6.45) is 32.1. The van der Waals surface area contributed by atoms with Crippen molar-refractivity contribution in [3.05, 3.63) is 0 Å². The van der Waals surface area contributed by atoms with E-state index in [-0.39, 0.29) is 30.1 Å². The quantitative estimate of drug-likeness (QED) is 0.0482. The number of thioether (sulfide) groups is 1. The predicted molar refractivity (Wildman–Crippen MR) is 204 cm³/mol. The lowest BCUT2D eigenvalue weighted by Crippen LogP contribution is -2.41. The molecule has 0 spiro atoms. The molecule has 2 N–H and O–H groups in total. The van der Waals surface area contributed by atoms with Crippen LogP contribution in [0.3, 0.4) is 0 Å². The number of esters is 2. The minimum absolute atomic E-state index is 0.0491. The van der Waals surface area contributed by atoms with E-state index < -0.39 is 24.0 Å². The van der Waals surface area contributed by atoms with Crippen LogP contribution >= 0.6 is 11.8 Å². The van der Waals surface area contributed by atoms with Crippen molar-refractivity contribution in [1.29, 1.82) is 0 Å². The van der Waals surface area contributed by atoms with Gasteiger partial charge in [-0.3, -0.25) is 14.4 Å². The number of ether oxygens (including phenoxy) is 2. The number of carboxylic acid groups (broad SMARTS) is 1. The van der Waals surface area contributed by atoms with Crippen LogP contribution in [0.25, 0.3) is 0 Å². The molecule has 0 aliphatic heterocycles. The molecule has 8 nitrogen and oxygen atoms in total. The largest absolute Gasteiger partial charge is 0.480 e. The van der Waals surface area contributed by atoms with Gasteiger partial charge in [0.2, 0.25) is 5.91 Å². The van der Waals surface area contributed by atoms with Gasteiger partial charge < -0.3 is 19.9 Å². The summed E-state index contributed by atoms with van der Waals surface area (Å²) in [5, 5.41) is 11.8. The maximum Gasteiger partial charge on any atom is 0.327 e. The van der Waals surface area contributed by atoms with Crippen molar-refractivity contribution in [3.63, 3.8) is 0 Å². The average molecular weight is 714 g/mol. The highest BCUT2D eigenvalue weighted by Gasteiger charge is 2.22. The number of aliphatic carboxylic acids is 1. The molecule has 0 unspecified atom stereocenters. The molecule has 0 aromatic heterocycles. The summed E-state index contributed by atoms with van der Waals surface area (Å²) in [6, 6.07) is -1.04. The van der Waals surface area contributed by atoms with Crippen molar-refractivity contribution in [3.8, 4) is 0 Å². The van der Waals surface area contributed by atoms with Gasteiger partial charge in [-0.1, -0.05) is 168 Å². The first-order chi connectivity index (χ1) is 23.8. The van der Waals surface area contributed by atoms with Gasteiger partial charge in [-0.25, -0.2) is 4.79 Å². The molecule has 2 atom stereocenters. The van der Waals surface area contributed by atoms with Gasteiger partial charge in [0.1, 0.15) is 18.8 Å². The van der Waals surface area contributed by atoms with Gasteiger partial charge >= 0.3 is 17.9 Å². The fourth-order valence-electron chi connectivity index (χ4n) is 5.93. The van der Waals surface area contributed by atoms with E-state index in [4.69, 9.17) is 9.47 Å². The molecule has 0 fully saturated rings. The van der Waals surface area contributed by atoms with E-state index >= 15 is 0 Å². The van der Waals surface area contributed by atoms with Crippen molar-refractivity contribution in [2.75, 3.05) is 18.1 Å². The van der Waals surface area contributed by atoms with Crippen LogP contribution in [0.5, 0.6) is 0 Å². The van der Waals surface area contributed by atoms with E-state index in [2.05, 4.69) is 19.2 Å². The number of hydrogen-bond acceptors (Lipinski definition) is 7. The molecule has 0 aliphatic carbocycles. The number of carbonyl (C=O) groups is 4. The molecule has 0 aromatic rings. The van der Waals surface area contributed by atoms with Crippen LogP contribution in [-0.4, -0.2) is 59.2 Å². The Morgan fingerprint density at radius 2 is 0.918 bits per heavy atom. The van der Waals surface area contributed by atoms with Gasteiger partial charge in [0.25, 0.3) is 0 Å². The van der Waals surface area contributed by atoms with Crippen molar-refractivity contribution in [2.45, 2.75) is 213 Å². The van der Waals surface area contributed by atoms with E-state index in [1.54, 1.807) is 0 Å². The number of carboxylic acids is 1. The molecule has 1 amide bonds. The monoisotopic (exact) mass is 714 g/mol. The lowest BCUT2D eigenvalue weighted by Gasteiger charge is -2.19. The third kappa shape index (κ3) is 34.5. The second-order valence-corrected chi connectivity index (χ2v) is 15.0.